The van der Waals surface area contributed by atoms with E-state index in [0.29, 0.717) is 18.3 Å². The SMILES string of the molecule is Cc1c(N)nc(C2CC2)nc1NCC(C)(C)O. The molecule has 5 heteroatoms. The van der Waals surface area contributed by atoms with E-state index < -0.39 is 5.60 Å². The van der Waals surface area contributed by atoms with Gasteiger partial charge in [0.05, 0.1) is 5.60 Å². The van der Waals surface area contributed by atoms with Crippen molar-refractivity contribution in [3.8, 4) is 0 Å². The van der Waals surface area contributed by atoms with Gasteiger partial charge in [0.15, 0.2) is 0 Å². The normalized spacial score (nSPS) is 16.0. The number of aliphatic hydroxyl groups is 1. The molecule has 0 radical (unpaired) electrons. The van der Waals surface area contributed by atoms with E-state index in [4.69, 9.17) is 5.73 Å². The smallest absolute Gasteiger partial charge is 0.136 e. The first-order valence-corrected chi connectivity index (χ1v) is 5.97. The Labute approximate surface area is 101 Å². The zero-order valence-corrected chi connectivity index (χ0v) is 10.6. The summed E-state index contributed by atoms with van der Waals surface area (Å²) in [5.41, 5.74) is 5.95. The van der Waals surface area contributed by atoms with Gasteiger partial charge in [0.1, 0.15) is 17.5 Å². The molecule has 4 N–H and O–H groups in total. The molecule has 5 nitrogen and oxygen atoms in total. The number of nitrogens with zero attached hydrogens (tertiary/aromatic N) is 2. The van der Waals surface area contributed by atoms with Crippen LogP contribution in [-0.2, 0) is 0 Å². The van der Waals surface area contributed by atoms with Crippen molar-refractivity contribution in [2.45, 2.75) is 45.1 Å². The van der Waals surface area contributed by atoms with Gasteiger partial charge in [0, 0.05) is 18.0 Å². The highest BCUT2D eigenvalue weighted by Crippen LogP contribution is 2.39. The summed E-state index contributed by atoms with van der Waals surface area (Å²) in [6.07, 6.45) is 2.29. The van der Waals surface area contributed by atoms with Gasteiger partial charge in [-0.3, -0.25) is 0 Å². The zero-order chi connectivity index (χ0) is 12.6. The summed E-state index contributed by atoms with van der Waals surface area (Å²) >= 11 is 0. The molecule has 0 amide bonds. The Bertz CT molecular complexity index is 421. The Morgan fingerprint density at radius 2 is 2.06 bits per heavy atom. The molecule has 1 aliphatic carbocycles. The van der Waals surface area contributed by atoms with Gasteiger partial charge < -0.3 is 16.2 Å². The second-order valence-electron chi connectivity index (χ2n) is 5.38. The van der Waals surface area contributed by atoms with Crippen LogP contribution in [0.15, 0.2) is 0 Å². The molecule has 17 heavy (non-hydrogen) atoms. The summed E-state index contributed by atoms with van der Waals surface area (Å²) < 4.78 is 0. The number of aromatic nitrogens is 2. The molecule has 0 atom stereocenters. The fourth-order valence-corrected chi connectivity index (χ4v) is 1.55. The van der Waals surface area contributed by atoms with Crippen LogP contribution in [-0.4, -0.2) is 27.2 Å². The Hall–Kier alpha value is -1.36. The first-order chi connectivity index (χ1) is 7.87. The summed E-state index contributed by atoms with van der Waals surface area (Å²) in [7, 11) is 0. The second-order valence-corrected chi connectivity index (χ2v) is 5.38. The molecule has 0 aliphatic heterocycles. The van der Waals surface area contributed by atoms with E-state index in [1.165, 1.54) is 0 Å². The van der Waals surface area contributed by atoms with Crippen LogP contribution in [0.25, 0.3) is 0 Å². The van der Waals surface area contributed by atoms with E-state index in [9.17, 15) is 5.11 Å². The van der Waals surface area contributed by atoms with Crippen molar-refractivity contribution >= 4 is 11.6 Å². The molecular formula is C12H20N4O. The van der Waals surface area contributed by atoms with Crippen LogP contribution in [0, 0.1) is 6.92 Å². The number of rotatable bonds is 4. The van der Waals surface area contributed by atoms with Crippen molar-refractivity contribution in [1.29, 1.82) is 0 Å². The van der Waals surface area contributed by atoms with Crippen molar-refractivity contribution in [3.05, 3.63) is 11.4 Å². The average Bonchev–Trinajstić information content (AvgIpc) is 3.02. The van der Waals surface area contributed by atoms with E-state index in [1.807, 2.05) is 6.92 Å². The van der Waals surface area contributed by atoms with Crippen LogP contribution in [0.3, 0.4) is 0 Å². The minimum absolute atomic E-state index is 0.439. The fraction of sp³-hybridized carbons (Fsp3) is 0.667. The maximum Gasteiger partial charge on any atom is 0.136 e. The van der Waals surface area contributed by atoms with E-state index in [1.54, 1.807) is 13.8 Å². The molecule has 1 heterocycles. The molecule has 0 spiro atoms. The lowest BCUT2D eigenvalue weighted by atomic mass is 10.1. The van der Waals surface area contributed by atoms with E-state index in [0.717, 1.165) is 30.0 Å². The summed E-state index contributed by atoms with van der Waals surface area (Å²) in [6.45, 7) is 5.83. The Kier molecular flexibility index (Phi) is 2.95. The maximum atomic E-state index is 9.69. The minimum atomic E-state index is -0.772. The van der Waals surface area contributed by atoms with Gasteiger partial charge in [0.2, 0.25) is 0 Å². The van der Waals surface area contributed by atoms with Crippen LogP contribution in [0.5, 0.6) is 0 Å². The van der Waals surface area contributed by atoms with Gasteiger partial charge in [-0.25, -0.2) is 9.97 Å². The number of hydrogen-bond donors (Lipinski definition) is 3. The standard InChI is InChI=1S/C12H20N4O/c1-7-9(13)15-11(8-4-5-8)16-10(7)14-6-12(2,3)17/h8,17H,4-6H2,1-3H3,(H3,13,14,15,16). The monoisotopic (exact) mass is 236 g/mol. The van der Waals surface area contributed by atoms with Crippen LogP contribution in [0.4, 0.5) is 11.6 Å². The number of nitrogens with two attached hydrogens (primary N) is 1. The van der Waals surface area contributed by atoms with Gasteiger partial charge in [-0.1, -0.05) is 0 Å². The average molecular weight is 236 g/mol. The summed E-state index contributed by atoms with van der Waals surface area (Å²) in [4.78, 5) is 8.79. The summed E-state index contributed by atoms with van der Waals surface area (Å²) in [5, 5.41) is 12.8. The van der Waals surface area contributed by atoms with Gasteiger partial charge in [-0.2, -0.15) is 0 Å². The van der Waals surface area contributed by atoms with Gasteiger partial charge in [0.25, 0.3) is 0 Å². The summed E-state index contributed by atoms with van der Waals surface area (Å²) in [6, 6.07) is 0. The minimum Gasteiger partial charge on any atom is -0.389 e. The fourth-order valence-electron chi connectivity index (χ4n) is 1.55. The third-order valence-corrected chi connectivity index (χ3v) is 2.83. The van der Waals surface area contributed by atoms with Gasteiger partial charge >= 0.3 is 0 Å². The number of anilines is 2. The van der Waals surface area contributed by atoms with Crippen molar-refractivity contribution in [2.24, 2.45) is 0 Å². The lowest BCUT2D eigenvalue weighted by molar-refractivity contribution is 0.0944. The molecule has 1 aliphatic rings. The quantitative estimate of drug-likeness (QED) is 0.736. The third-order valence-electron chi connectivity index (χ3n) is 2.83. The largest absolute Gasteiger partial charge is 0.389 e. The van der Waals surface area contributed by atoms with Crippen molar-refractivity contribution < 1.29 is 5.11 Å². The molecular weight excluding hydrogens is 216 g/mol. The maximum absolute atomic E-state index is 9.69. The second kappa shape index (κ2) is 4.14. The molecule has 1 aromatic rings. The van der Waals surface area contributed by atoms with Crippen LogP contribution < -0.4 is 11.1 Å². The Balaban J connectivity index is 2.19. The van der Waals surface area contributed by atoms with Crippen LogP contribution in [0.2, 0.25) is 0 Å². The lowest BCUT2D eigenvalue weighted by Crippen LogP contribution is -2.30. The highest BCUT2D eigenvalue weighted by Gasteiger charge is 2.28. The molecule has 0 saturated heterocycles. The Morgan fingerprint density at radius 1 is 1.41 bits per heavy atom. The lowest BCUT2D eigenvalue weighted by Gasteiger charge is -2.19. The Morgan fingerprint density at radius 3 is 2.59 bits per heavy atom. The van der Waals surface area contributed by atoms with Crippen molar-refractivity contribution in [1.82, 2.24) is 9.97 Å². The zero-order valence-electron chi connectivity index (χ0n) is 10.6. The number of hydrogen-bond acceptors (Lipinski definition) is 5. The van der Waals surface area contributed by atoms with Gasteiger partial charge in [-0.05, 0) is 33.6 Å². The molecule has 1 aromatic heterocycles. The predicted octanol–water partition coefficient (Wildman–Crippen LogP) is 1.43. The van der Waals surface area contributed by atoms with Gasteiger partial charge in [-0.15, -0.1) is 0 Å². The van der Waals surface area contributed by atoms with Crippen LogP contribution in [0.1, 0.15) is 44.0 Å². The highest BCUT2D eigenvalue weighted by molar-refractivity contribution is 5.55. The predicted molar refractivity (Wildman–Crippen MR) is 67.9 cm³/mol. The first kappa shape index (κ1) is 12.1. The molecule has 94 valence electrons. The van der Waals surface area contributed by atoms with E-state index in [2.05, 4.69) is 15.3 Å². The molecule has 0 aromatic carbocycles. The highest BCUT2D eigenvalue weighted by atomic mass is 16.3. The number of nitrogens with one attached hydrogen (secondary N) is 1. The first-order valence-electron chi connectivity index (χ1n) is 5.97. The van der Waals surface area contributed by atoms with E-state index in [-0.39, 0.29) is 0 Å². The molecule has 2 rings (SSSR count). The molecule has 1 saturated carbocycles. The number of nitrogen functional groups attached to an aromatic ring is 1. The van der Waals surface area contributed by atoms with Crippen molar-refractivity contribution in [2.75, 3.05) is 17.6 Å². The van der Waals surface area contributed by atoms with E-state index >= 15 is 0 Å². The molecule has 0 unspecified atom stereocenters. The topological polar surface area (TPSA) is 84.1 Å². The van der Waals surface area contributed by atoms with Crippen LogP contribution >= 0.6 is 0 Å². The molecule has 1 fully saturated rings. The molecule has 0 bridgehead atoms. The third kappa shape index (κ3) is 3.06. The van der Waals surface area contributed by atoms with Crippen molar-refractivity contribution in [3.63, 3.8) is 0 Å². The summed E-state index contributed by atoms with van der Waals surface area (Å²) in [5.74, 6) is 2.56.